The van der Waals surface area contributed by atoms with Gasteiger partial charge in [-0.25, -0.2) is 8.78 Å². The minimum atomic E-state index is -0.781. The average molecular weight is 372 g/mol. The fraction of sp³-hybridized carbons (Fsp3) is 0.381. The highest BCUT2D eigenvalue weighted by Crippen LogP contribution is 2.32. The Labute approximate surface area is 156 Å². The van der Waals surface area contributed by atoms with Crippen LogP contribution in [0.3, 0.4) is 0 Å². The van der Waals surface area contributed by atoms with Crippen molar-refractivity contribution in [2.75, 3.05) is 13.1 Å². The molecule has 1 saturated heterocycles. The normalized spacial score (nSPS) is 18.0. The molecule has 4 rings (SSSR count). The first-order valence-electron chi connectivity index (χ1n) is 9.06. The summed E-state index contributed by atoms with van der Waals surface area (Å²) in [5.41, 5.74) is 1.37. The van der Waals surface area contributed by atoms with Crippen molar-refractivity contribution in [3.8, 4) is 0 Å². The summed E-state index contributed by atoms with van der Waals surface area (Å²) in [5, 5.41) is 11.8. The molecular formula is C21H22F2N2O2. The Morgan fingerprint density at radius 2 is 1.59 bits per heavy atom. The van der Waals surface area contributed by atoms with Gasteiger partial charge in [-0.3, -0.25) is 4.79 Å². The summed E-state index contributed by atoms with van der Waals surface area (Å²) in [6.45, 7) is 5.17. The van der Waals surface area contributed by atoms with Gasteiger partial charge in [-0.2, -0.15) is 0 Å². The molecule has 2 heterocycles. The van der Waals surface area contributed by atoms with Gasteiger partial charge >= 0.3 is 0 Å². The molecule has 0 saturated carbocycles. The highest BCUT2D eigenvalue weighted by molar-refractivity contribution is 6.08. The molecule has 142 valence electrons. The van der Waals surface area contributed by atoms with Crippen LogP contribution in [0.15, 0.2) is 36.4 Å². The Hall–Kier alpha value is -2.47. The Kier molecular flexibility index (Phi) is 4.18. The minimum Gasteiger partial charge on any atom is -0.389 e. The Balaban J connectivity index is 1.68. The standard InChI is InChI=1S/C21H22F2N2O2/c1-21(2)9-20(27)24(12-21)10-15(26)11-25-18-5-3-13(22)7-16(18)17-8-14(23)4-6-19(17)25/h3-8,15,26H,9-12H2,1-2H3. The van der Waals surface area contributed by atoms with Gasteiger partial charge in [0.15, 0.2) is 0 Å². The molecule has 3 aromatic rings. The van der Waals surface area contributed by atoms with Crippen molar-refractivity contribution in [2.45, 2.75) is 32.9 Å². The number of rotatable bonds is 4. The van der Waals surface area contributed by atoms with Crippen molar-refractivity contribution in [3.05, 3.63) is 48.0 Å². The van der Waals surface area contributed by atoms with Crippen LogP contribution >= 0.6 is 0 Å². The number of hydrogen-bond donors (Lipinski definition) is 1. The number of likely N-dealkylation sites (tertiary alicyclic amines) is 1. The Morgan fingerprint density at radius 1 is 1.04 bits per heavy atom. The summed E-state index contributed by atoms with van der Waals surface area (Å²) in [4.78, 5) is 13.8. The van der Waals surface area contributed by atoms with Gasteiger partial charge in [-0.1, -0.05) is 13.8 Å². The van der Waals surface area contributed by atoms with E-state index in [-0.39, 0.29) is 24.4 Å². The van der Waals surface area contributed by atoms with E-state index in [4.69, 9.17) is 0 Å². The van der Waals surface area contributed by atoms with E-state index in [2.05, 4.69) is 0 Å². The largest absolute Gasteiger partial charge is 0.389 e. The van der Waals surface area contributed by atoms with E-state index >= 15 is 0 Å². The molecule has 1 unspecified atom stereocenters. The quantitative estimate of drug-likeness (QED) is 0.759. The number of hydrogen-bond acceptors (Lipinski definition) is 2. The van der Waals surface area contributed by atoms with Crippen molar-refractivity contribution in [1.29, 1.82) is 0 Å². The number of benzene rings is 2. The van der Waals surface area contributed by atoms with E-state index in [1.807, 2.05) is 18.4 Å². The maximum Gasteiger partial charge on any atom is 0.223 e. The third kappa shape index (κ3) is 3.30. The van der Waals surface area contributed by atoms with Crippen LogP contribution < -0.4 is 0 Å². The molecule has 1 N–H and O–H groups in total. The predicted octanol–water partition coefficient (Wildman–Crippen LogP) is 3.69. The van der Waals surface area contributed by atoms with Gasteiger partial charge in [0.05, 0.1) is 12.6 Å². The first-order valence-corrected chi connectivity index (χ1v) is 9.06. The molecule has 0 bridgehead atoms. The van der Waals surface area contributed by atoms with Gasteiger partial charge in [0.25, 0.3) is 0 Å². The van der Waals surface area contributed by atoms with E-state index in [0.29, 0.717) is 23.7 Å². The molecule has 1 aliphatic heterocycles. The molecule has 1 fully saturated rings. The van der Waals surface area contributed by atoms with Crippen molar-refractivity contribution < 1.29 is 18.7 Å². The lowest BCUT2D eigenvalue weighted by molar-refractivity contribution is -0.129. The zero-order valence-electron chi connectivity index (χ0n) is 15.4. The van der Waals surface area contributed by atoms with E-state index in [9.17, 15) is 18.7 Å². The second-order valence-electron chi connectivity index (χ2n) is 8.20. The zero-order valence-corrected chi connectivity index (χ0v) is 15.4. The van der Waals surface area contributed by atoms with Crippen molar-refractivity contribution in [3.63, 3.8) is 0 Å². The second-order valence-corrected chi connectivity index (χ2v) is 8.20. The first kappa shape index (κ1) is 17.9. The van der Waals surface area contributed by atoms with Crippen molar-refractivity contribution >= 4 is 27.7 Å². The number of carbonyl (C=O) groups excluding carboxylic acids is 1. The highest BCUT2D eigenvalue weighted by Gasteiger charge is 2.36. The van der Waals surface area contributed by atoms with Crippen LogP contribution in [0.25, 0.3) is 21.8 Å². The van der Waals surface area contributed by atoms with Gasteiger partial charge < -0.3 is 14.6 Å². The van der Waals surface area contributed by atoms with Gasteiger partial charge in [0.1, 0.15) is 11.6 Å². The van der Waals surface area contributed by atoms with Crippen molar-refractivity contribution in [2.24, 2.45) is 5.41 Å². The Morgan fingerprint density at radius 3 is 2.07 bits per heavy atom. The third-order valence-corrected chi connectivity index (χ3v) is 5.21. The number of amides is 1. The number of carbonyl (C=O) groups is 1. The molecule has 0 aliphatic carbocycles. The summed E-state index contributed by atoms with van der Waals surface area (Å²) < 4.78 is 29.3. The molecule has 4 nitrogen and oxygen atoms in total. The number of aliphatic hydroxyl groups excluding tert-OH is 1. The topological polar surface area (TPSA) is 45.5 Å². The maximum absolute atomic E-state index is 13.7. The summed E-state index contributed by atoms with van der Waals surface area (Å²) in [5.74, 6) is -0.738. The lowest BCUT2D eigenvalue weighted by Gasteiger charge is -2.23. The van der Waals surface area contributed by atoms with Crippen LogP contribution in [-0.4, -0.2) is 39.7 Å². The van der Waals surface area contributed by atoms with E-state index in [0.717, 1.165) is 11.0 Å². The lowest BCUT2D eigenvalue weighted by Crippen LogP contribution is -2.36. The molecule has 27 heavy (non-hydrogen) atoms. The smallest absolute Gasteiger partial charge is 0.223 e. The number of aromatic nitrogens is 1. The summed E-state index contributed by atoms with van der Waals surface area (Å²) in [6, 6.07) is 8.75. The summed E-state index contributed by atoms with van der Waals surface area (Å²) in [7, 11) is 0. The molecule has 1 aliphatic rings. The van der Waals surface area contributed by atoms with Crippen LogP contribution in [0.4, 0.5) is 8.78 Å². The Bertz CT molecular complexity index is 982. The lowest BCUT2D eigenvalue weighted by atomic mass is 9.93. The molecule has 1 aromatic heterocycles. The fourth-order valence-corrected chi connectivity index (χ4v) is 4.12. The average Bonchev–Trinajstić information content (AvgIpc) is 3.00. The van der Waals surface area contributed by atoms with Crippen LogP contribution in [0.2, 0.25) is 0 Å². The molecule has 0 spiro atoms. The van der Waals surface area contributed by atoms with Crippen LogP contribution in [0, 0.1) is 17.0 Å². The molecule has 1 atom stereocenters. The molecule has 0 radical (unpaired) electrons. The third-order valence-electron chi connectivity index (χ3n) is 5.21. The van der Waals surface area contributed by atoms with Gasteiger partial charge in [-0.15, -0.1) is 0 Å². The van der Waals surface area contributed by atoms with E-state index < -0.39 is 17.7 Å². The van der Waals surface area contributed by atoms with E-state index in [1.165, 1.54) is 24.3 Å². The number of nitrogens with zero attached hydrogens (tertiary/aromatic N) is 2. The van der Waals surface area contributed by atoms with Crippen LogP contribution in [-0.2, 0) is 11.3 Å². The van der Waals surface area contributed by atoms with Crippen molar-refractivity contribution in [1.82, 2.24) is 9.47 Å². The SMILES string of the molecule is CC1(C)CC(=O)N(CC(O)Cn2c3ccc(F)cc3c3cc(F)ccc32)C1. The number of aliphatic hydroxyl groups is 1. The monoisotopic (exact) mass is 372 g/mol. The summed E-state index contributed by atoms with van der Waals surface area (Å²) in [6.07, 6.45) is -0.301. The zero-order chi connectivity index (χ0) is 19.3. The van der Waals surface area contributed by atoms with Gasteiger partial charge in [0.2, 0.25) is 5.91 Å². The molecule has 2 aromatic carbocycles. The second kappa shape index (κ2) is 6.30. The minimum absolute atomic E-state index is 0.0467. The summed E-state index contributed by atoms with van der Waals surface area (Å²) >= 11 is 0. The van der Waals surface area contributed by atoms with Crippen LogP contribution in [0.5, 0.6) is 0 Å². The van der Waals surface area contributed by atoms with E-state index in [1.54, 1.807) is 17.0 Å². The fourth-order valence-electron chi connectivity index (χ4n) is 4.12. The van der Waals surface area contributed by atoms with Gasteiger partial charge in [0, 0.05) is 41.3 Å². The number of halogens is 2. The first-order chi connectivity index (χ1) is 12.7. The van der Waals surface area contributed by atoms with Gasteiger partial charge in [-0.05, 0) is 41.8 Å². The predicted molar refractivity (Wildman–Crippen MR) is 100 cm³/mol. The molecule has 1 amide bonds. The number of fused-ring (bicyclic) bond motifs is 3. The highest BCUT2D eigenvalue weighted by atomic mass is 19.1. The molecule has 6 heteroatoms. The maximum atomic E-state index is 13.7. The number of β-amino-alcohol motifs (C(OH)–C–C–N with tert-alkyl or cyclic N) is 1. The molecular weight excluding hydrogens is 350 g/mol. The van der Waals surface area contributed by atoms with Crippen LogP contribution in [0.1, 0.15) is 20.3 Å².